The molecule has 3 saturated heterocycles. The smallest absolute Gasteiger partial charge is 0.227 e. The number of aliphatic hydroxyl groups is 3. The average Bonchev–Trinajstić information content (AvgIpc) is 3.53. The van der Waals surface area contributed by atoms with Gasteiger partial charge in [0.1, 0.15) is 17.5 Å². The Labute approximate surface area is 165 Å². The number of Topliss-reactive ketones (excluding diaryl/α,β-unsaturated/α-hetero) is 1. The van der Waals surface area contributed by atoms with Gasteiger partial charge in [0, 0.05) is 58.6 Å². The monoisotopic (exact) mass is 397 g/mol. The molecule has 0 aromatic carbocycles. The van der Waals surface area contributed by atoms with E-state index in [1.54, 1.807) is 0 Å². The van der Waals surface area contributed by atoms with E-state index in [0.29, 0.717) is 17.1 Å². The Morgan fingerprint density at radius 1 is 0.893 bits per heavy atom. The van der Waals surface area contributed by atoms with Crippen LogP contribution < -0.4 is 0 Å². The molecule has 0 radical (unpaired) electrons. The molecule has 3 fully saturated rings. The fourth-order valence-corrected chi connectivity index (χ4v) is 2.54. The number of carbonyl (C=O) groups is 2. The third kappa shape index (κ3) is 6.30. The van der Waals surface area contributed by atoms with Crippen molar-refractivity contribution in [1.82, 2.24) is 14.7 Å². The van der Waals surface area contributed by atoms with Gasteiger partial charge < -0.3 is 34.8 Å². The van der Waals surface area contributed by atoms with Crippen molar-refractivity contribution in [2.45, 2.75) is 20.0 Å². The van der Waals surface area contributed by atoms with Crippen molar-refractivity contribution < 1.29 is 29.6 Å². The Kier molecular flexibility index (Phi) is 8.43. The zero-order valence-corrected chi connectivity index (χ0v) is 16.6. The van der Waals surface area contributed by atoms with E-state index in [0.717, 1.165) is 52.5 Å². The summed E-state index contributed by atoms with van der Waals surface area (Å²) in [5, 5.41) is 24.0. The summed E-state index contributed by atoms with van der Waals surface area (Å²) < 4.78 is 4.83. The number of ketones is 2. The summed E-state index contributed by atoms with van der Waals surface area (Å²) in [7, 11) is 0. The predicted molar refractivity (Wildman–Crippen MR) is 102 cm³/mol. The van der Waals surface area contributed by atoms with Gasteiger partial charge in [0.25, 0.3) is 0 Å². The second-order valence-electron chi connectivity index (χ2n) is 6.68. The van der Waals surface area contributed by atoms with Gasteiger partial charge in [-0.2, -0.15) is 0 Å². The minimum absolute atomic E-state index is 0.00546. The van der Waals surface area contributed by atoms with Crippen molar-refractivity contribution in [2.75, 3.05) is 65.7 Å². The van der Waals surface area contributed by atoms with Crippen molar-refractivity contribution in [1.29, 1.82) is 0 Å². The number of hydrogen-bond acceptors (Lipinski definition) is 9. The summed E-state index contributed by atoms with van der Waals surface area (Å²) in [6.45, 7) is 10.3. The van der Waals surface area contributed by atoms with E-state index in [4.69, 9.17) is 20.1 Å². The van der Waals surface area contributed by atoms with Crippen LogP contribution in [0.15, 0.2) is 23.2 Å². The van der Waals surface area contributed by atoms with Gasteiger partial charge >= 0.3 is 0 Å². The highest BCUT2D eigenvalue weighted by molar-refractivity contribution is 6.22. The molecule has 1 aliphatic carbocycles. The molecule has 0 amide bonds. The summed E-state index contributed by atoms with van der Waals surface area (Å²) in [4.78, 5) is 30.5. The number of aliphatic hydroxyl groups excluding tert-OH is 3. The fourth-order valence-electron chi connectivity index (χ4n) is 2.54. The Morgan fingerprint density at radius 3 is 1.68 bits per heavy atom. The molecule has 0 saturated carbocycles. The third-order valence-electron chi connectivity index (χ3n) is 4.32. The Morgan fingerprint density at radius 2 is 1.36 bits per heavy atom. The van der Waals surface area contributed by atoms with Crippen LogP contribution in [0.1, 0.15) is 13.8 Å². The lowest BCUT2D eigenvalue weighted by molar-refractivity contribution is -0.117. The van der Waals surface area contributed by atoms with Crippen LogP contribution in [0, 0.1) is 0 Å². The van der Waals surface area contributed by atoms with E-state index >= 15 is 0 Å². The van der Waals surface area contributed by atoms with Crippen molar-refractivity contribution in [3.8, 4) is 0 Å². The van der Waals surface area contributed by atoms with Gasteiger partial charge in [0.15, 0.2) is 0 Å². The molecule has 3 aliphatic heterocycles. The maximum atomic E-state index is 12.4. The highest BCUT2D eigenvalue weighted by atomic mass is 16.5. The van der Waals surface area contributed by atoms with Crippen molar-refractivity contribution in [3.05, 3.63) is 23.2 Å². The van der Waals surface area contributed by atoms with Gasteiger partial charge in [-0.25, -0.2) is 0 Å². The Balaban J connectivity index is 0.000000215. The van der Waals surface area contributed by atoms with E-state index in [9.17, 15) is 9.59 Å². The van der Waals surface area contributed by atoms with Crippen molar-refractivity contribution in [3.63, 3.8) is 0 Å². The second-order valence-corrected chi connectivity index (χ2v) is 6.68. The first-order chi connectivity index (χ1) is 13.5. The summed E-state index contributed by atoms with van der Waals surface area (Å²) >= 11 is 0. The number of carbonyl (C=O) groups excluding carboxylic acids is 2. The van der Waals surface area contributed by atoms with Crippen LogP contribution in [0.3, 0.4) is 0 Å². The standard InChI is InChI=1S/C12H13N3O2.C4H10O.C3H8O3/c16-9-7-8(13-1-2-13)12(17)11(15-5-6-15)10(9)14-3-4-14;1-3-5-4-2;4-1-3(6)2-5/h7H,1-6H2;3-4H2,1-2H3;3-6H,1-2H2. The minimum atomic E-state index is -0.954. The van der Waals surface area contributed by atoms with E-state index in [2.05, 4.69) is 0 Å². The van der Waals surface area contributed by atoms with E-state index in [1.807, 2.05) is 28.5 Å². The molecule has 9 heteroatoms. The van der Waals surface area contributed by atoms with Crippen LogP contribution >= 0.6 is 0 Å². The first-order valence-electron chi connectivity index (χ1n) is 9.75. The van der Waals surface area contributed by atoms with Gasteiger partial charge in [-0.05, 0) is 13.8 Å². The highest BCUT2D eigenvalue weighted by Crippen LogP contribution is 2.33. The molecular weight excluding hydrogens is 366 g/mol. The SMILES string of the molecule is CCOCC.O=C1C=C(N2CC2)C(=O)C(N2CC2)=C1N1CC1.OCC(O)CO. The largest absolute Gasteiger partial charge is 0.394 e. The highest BCUT2D eigenvalue weighted by Gasteiger charge is 2.43. The molecule has 3 heterocycles. The third-order valence-corrected chi connectivity index (χ3v) is 4.32. The van der Waals surface area contributed by atoms with E-state index in [1.165, 1.54) is 6.08 Å². The molecule has 4 aliphatic rings. The van der Waals surface area contributed by atoms with Crippen LogP contribution in [-0.2, 0) is 14.3 Å². The molecule has 3 N–H and O–H groups in total. The number of hydrogen-bond donors (Lipinski definition) is 3. The number of allylic oxidation sites excluding steroid dienone is 1. The lowest BCUT2D eigenvalue weighted by Gasteiger charge is -2.21. The molecule has 0 aromatic heterocycles. The maximum Gasteiger partial charge on any atom is 0.227 e. The second kappa shape index (κ2) is 10.6. The first kappa shape index (κ1) is 22.4. The van der Waals surface area contributed by atoms with Crippen LogP contribution in [0.2, 0.25) is 0 Å². The summed E-state index contributed by atoms with van der Waals surface area (Å²) in [5.74, 6) is 0.0485. The molecular formula is C19H31N3O6. The summed E-state index contributed by atoms with van der Waals surface area (Å²) in [6.07, 6.45) is 0.570. The topological polar surface area (TPSA) is 113 Å². The number of rotatable bonds is 7. The number of nitrogens with zero attached hydrogens (tertiary/aromatic N) is 3. The quantitative estimate of drug-likeness (QED) is 0.351. The zero-order chi connectivity index (χ0) is 20.7. The van der Waals surface area contributed by atoms with E-state index in [-0.39, 0.29) is 24.8 Å². The maximum absolute atomic E-state index is 12.4. The van der Waals surface area contributed by atoms with Gasteiger partial charge in [0.05, 0.1) is 18.9 Å². The molecule has 0 atom stereocenters. The molecule has 9 nitrogen and oxygen atoms in total. The van der Waals surface area contributed by atoms with Gasteiger partial charge in [-0.15, -0.1) is 0 Å². The normalized spacial score (nSPS) is 19.8. The summed E-state index contributed by atoms with van der Waals surface area (Å²) in [6, 6.07) is 0. The van der Waals surface area contributed by atoms with Crippen LogP contribution in [0.4, 0.5) is 0 Å². The lowest BCUT2D eigenvalue weighted by Crippen LogP contribution is -2.29. The summed E-state index contributed by atoms with van der Waals surface area (Å²) in [5.41, 5.74) is 1.89. The predicted octanol–water partition coefficient (Wildman–Crippen LogP) is -1.44. The van der Waals surface area contributed by atoms with Crippen LogP contribution in [0.25, 0.3) is 0 Å². The zero-order valence-electron chi connectivity index (χ0n) is 16.6. The van der Waals surface area contributed by atoms with Crippen molar-refractivity contribution in [2.24, 2.45) is 0 Å². The Bertz CT molecular complexity index is 615. The van der Waals surface area contributed by atoms with Crippen LogP contribution in [0.5, 0.6) is 0 Å². The Hall–Kier alpha value is -1.94. The molecule has 158 valence electrons. The fraction of sp³-hybridized carbons (Fsp3) is 0.684. The molecule has 4 rings (SSSR count). The number of ether oxygens (including phenoxy) is 1. The minimum Gasteiger partial charge on any atom is -0.394 e. The van der Waals surface area contributed by atoms with Crippen molar-refractivity contribution >= 4 is 11.6 Å². The molecule has 28 heavy (non-hydrogen) atoms. The lowest BCUT2D eigenvalue weighted by atomic mass is 10.0. The van der Waals surface area contributed by atoms with Crippen LogP contribution in [-0.4, -0.2) is 113 Å². The van der Waals surface area contributed by atoms with E-state index < -0.39 is 6.10 Å². The molecule has 0 aromatic rings. The van der Waals surface area contributed by atoms with Gasteiger partial charge in [-0.3, -0.25) is 9.59 Å². The van der Waals surface area contributed by atoms with Gasteiger partial charge in [0.2, 0.25) is 11.6 Å². The first-order valence-corrected chi connectivity index (χ1v) is 9.75. The molecule has 0 bridgehead atoms. The molecule has 0 unspecified atom stereocenters. The average molecular weight is 397 g/mol. The molecule has 0 spiro atoms. The van der Waals surface area contributed by atoms with Gasteiger partial charge in [-0.1, -0.05) is 0 Å².